The summed E-state index contributed by atoms with van der Waals surface area (Å²) in [5.41, 5.74) is 9.41. The molecule has 0 rings (SSSR count). The zero-order chi connectivity index (χ0) is 26.5. The Morgan fingerprint density at radius 3 is 1.76 bits per heavy atom. The fourth-order valence-electron chi connectivity index (χ4n) is 3.02. The van der Waals surface area contributed by atoms with Gasteiger partial charge in [0.1, 0.15) is 23.3 Å². The molecule has 34 heavy (non-hydrogen) atoms. The first-order valence-corrected chi connectivity index (χ1v) is 11.7. The second-order valence-corrected chi connectivity index (χ2v) is 10.00. The third-order valence-electron chi connectivity index (χ3n) is 4.48. The lowest BCUT2D eigenvalue weighted by Gasteiger charge is -2.33. The molecule has 0 aromatic heterocycles. The van der Waals surface area contributed by atoms with Gasteiger partial charge >= 0.3 is 18.2 Å². The van der Waals surface area contributed by atoms with Crippen molar-refractivity contribution in [3.05, 3.63) is 0 Å². The van der Waals surface area contributed by atoms with E-state index in [9.17, 15) is 19.2 Å². The van der Waals surface area contributed by atoms with Crippen LogP contribution in [0.25, 0.3) is 0 Å². The fourth-order valence-corrected chi connectivity index (χ4v) is 3.02. The number of rotatable bonds is 12. The Labute approximate surface area is 203 Å². The predicted molar refractivity (Wildman–Crippen MR) is 128 cm³/mol. The molecule has 198 valence electrons. The number of carbonyl (C=O) groups is 4. The van der Waals surface area contributed by atoms with E-state index in [1.165, 1.54) is 7.11 Å². The van der Waals surface area contributed by atoms with Gasteiger partial charge in [0.2, 0.25) is 0 Å². The van der Waals surface area contributed by atoms with Crippen LogP contribution >= 0.6 is 0 Å². The number of ether oxygens (including phenoxy) is 3. The quantitative estimate of drug-likeness (QED) is 0.213. The lowest BCUT2D eigenvalue weighted by Crippen LogP contribution is -2.57. The minimum absolute atomic E-state index is 0.136. The number of methoxy groups -OCH3 is 1. The number of alkyl carbamates (subject to hydrolysis) is 1. The van der Waals surface area contributed by atoms with Crippen molar-refractivity contribution in [1.82, 2.24) is 10.2 Å². The van der Waals surface area contributed by atoms with Crippen molar-refractivity contribution in [2.45, 2.75) is 103 Å². The van der Waals surface area contributed by atoms with E-state index in [0.717, 1.165) is 4.90 Å². The average molecular weight is 489 g/mol. The molecule has 5 N–H and O–H groups in total. The van der Waals surface area contributed by atoms with Crippen molar-refractivity contribution in [2.75, 3.05) is 20.2 Å². The van der Waals surface area contributed by atoms with Crippen molar-refractivity contribution >= 4 is 24.1 Å². The molecule has 0 saturated carbocycles. The number of hydrogen-bond donors (Lipinski definition) is 3. The van der Waals surface area contributed by atoms with E-state index in [1.807, 2.05) is 0 Å². The summed E-state index contributed by atoms with van der Waals surface area (Å²) in [6.07, 6.45) is 0.655. The Morgan fingerprint density at radius 2 is 1.32 bits per heavy atom. The molecule has 0 aromatic carbocycles. The van der Waals surface area contributed by atoms with E-state index in [-0.39, 0.29) is 12.8 Å². The lowest BCUT2D eigenvalue weighted by atomic mass is 10.0. The van der Waals surface area contributed by atoms with Gasteiger partial charge in [-0.2, -0.15) is 0 Å². The molecule has 0 fully saturated rings. The number of nitrogens with zero attached hydrogens (tertiary/aromatic N) is 1. The van der Waals surface area contributed by atoms with Crippen LogP contribution in [0.3, 0.4) is 0 Å². The van der Waals surface area contributed by atoms with Crippen LogP contribution in [-0.2, 0) is 23.8 Å². The van der Waals surface area contributed by atoms with Crippen molar-refractivity contribution in [3.8, 4) is 0 Å². The van der Waals surface area contributed by atoms with E-state index in [4.69, 9.17) is 25.7 Å². The lowest BCUT2D eigenvalue weighted by molar-refractivity contribution is -0.153. The van der Waals surface area contributed by atoms with Gasteiger partial charge in [0.15, 0.2) is 0 Å². The molecule has 0 saturated heterocycles. The molecule has 0 unspecified atom stereocenters. The molecule has 0 aromatic rings. The number of unbranched alkanes of at least 4 members (excludes halogenated alkanes) is 2. The van der Waals surface area contributed by atoms with Gasteiger partial charge in [-0.1, -0.05) is 0 Å². The summed E-state index contributed by atoms with van der Waals surface area (Å²) in [5.74, 6) is -1.56. The van der Waals surface area contributed by atoms with E-state index in [1.54, 1.807) is 41.5 Å². The van der Waals surface area contributed by atoms with Crippen molar-refractivity contribution in [2.24, 2.45) is 11.5 Å². The monoisotopic (exact) mass is 488 g/mol. The van der Waals surface area contributed by atoms with E-state index in [0.29, 0.717) is 38.8 Å². The van der Waals surface area contributed by atoms with Gasteiger partial charge in [-0.05, 0) is 93.2 Å². The van der Waals surface area contributed by atoms with Crippen LogP contribution in [0.2, 0.25) is 0 Å². The van der Waals surface area contributed by atoms with Gasteiger partial charge in [0, 0.05) is 0 Å². The first kappa shape index (κ1) is 31.6. The summed E-state index contributed by atoms with van der Waals surface area (Å²) in [7, 11) is 1.17. The highest BCUT2D eigenvalue weighted by atomic mass is 16.6. The molecule has 0 heterocycles. The van der Waals surface area contributed by atoms with Crippen LogP contribution in [0, 0.1) is 0 Å². The summed E-state index contributed by atoms with van der Waals surface area (Å²) in [6, 6.07) is -2.38. The van der Waals surface area contributed by atoms with Crippen LogP contribution in [-0.4, -0.2) is 72.4 Å². The molecule has 0 aliphatic heterocycles. The largest absolute Gasteiger partial charge is 0.467 e. The zero-order valence-electron chi connectivity index (χ0n) is 21.8. The number of amides is 3. The Bertz CT molecular complexity index is 671. The van der Waals surface area contributed by atoms with Crippen LogP contribution in [0.1, 0.15) is 80.1 Å². The highest BCUT2D eigenvalue weighted by molar-refractivity contribution is 6.00. The number of carbonyl (C=O) groups excluding carboxylic acids is 4. The van der Waals surface area contributed by atoms with Crippen LogP contribution < -0.4 is 16.8 Å². The van der Waals surface area contributed by atoms with E-state index in [2.05, 4.69) is 5.32 Å². The summed E-state index contributed by atoms with van der Waals surface area (Å²) >= 11 is 0. The maximum Gasteiger partial charge on any atom is 0.417 e. The zero-order valence-corrected chi connectivity index (χ0v) is 21.8. The third-order valence-corrected chi connectivity index (χ3v) is 4.48. The Hall–Kier alpha value is -2.40. The first-order chi connectivity index (χ1) is 15.7. The predicted octanol–water partition coefficient (Wildman–Crippen LogP) is 2.44. The second kappa shape index (κ2) is 14.8. The number of nitrogens with one attached hydrogen (secondary N) is 1. The summed E-state index contributed by atoms with van der Waals surface area (Å²) < 4.78 is 15.6. The van der Waals surface area contributed by atoms with E-state index < -0.39 is 47.3 Å². The summed E-state index contributed by atoms with van der Waals surface area (Å²) in [6.45, 7) is 10.8. The molecule has 0 spiro atoms. The van der Waals surface area contributed by atoms with Gasteiger partial charge in [-0.15, -0.1) is 0 Å². The van der Waals surface area contributed by atoms with Gasteiger partial charge in [0.25, 0.3) is 5.91 Å². The van der Waals surface area contributed by atoms with Crippen LogP contribution in [0.5, 0.6) is 0 Å². The average Bonchev–Trinajstić information content (AvgIpc) is 2.69. The Balaban J connectivity index is 6.17. The standard InChI is InChI=1S/C23H44N4O7/c1-22(2,3)33-20(30)26-16(12-8-10-14-24)18(28)27(21(31)34-23(4,5)6)17(19(29)32-7)13-9-11-15-25/h16-17H,8-15,24-25H2,1-7H3,(H,26,30)/t16-,17-/m0/s1. The second-order valence-electron chi connectivity index (χ2n) is 10.00. The normalized spacial score (nSPS) is 13.4. The molecule has 0 radical (unpaired) electrons. The number of esters is 1. The smallest absolute Gasteiger partial charge is 0.417 e. The molecular weight excluding hydrogens is 444 g/mol. The SMILES string of the molecule is COC(=O)[C@H](CCCCN)N(C(=O)OC(C)(C)C)C(=O)[C@H](CCCCN)NC(=O)OC(C)(C)C. The topological polar surface area (TPSA) is 163 Å². The number of hydrogen-bond acceptors (Lipinski definition) is 9. The highest BCUT2D eigenvalue weighted by Gasteiger charge is 2.41. The molecule has 3 amide bonds. The van der Waals surface area contributed by atoms with Crippen LogP contribution in [0.4, 0.5) is 9.59 Å². The van der Waals surface area contributed by atoms with Gasteiger partial charge in [-0.25, -0.2) is 19.3 Å². The third kappa shape index (κ3) is 12.7. The fraction of sp³-hybridized carbons (Fsp3) is 0.826. The molecule has 2 atom stereocenters. The Kier molecular flexibility index (Phi) is 13.7. The molecular formula is C23H44N4O7. The summed E-state index contributed by atoms with van der Waals surface area (Å²) in [4.78, 5) is 52.6. The molecule has 11 nitrogen and oxygen atoms in total. The van der Waals surface area contributed by atoms with Gasteiger partial charge in [0.05, 0.1) is 7.11 Å². The van der Waals surface area contributed by atoms with Gasteiger partial charge < -0.3 is 31.0 Å². The van der Waals surface area contributed by atoms with Crippen molar-refractivity contribution in [1.29, 1.82) is 0 Å². The number of imide groups is 1. The van der Waals surface area contributed by atoms with Crippen molar-refractivity contribution in [3.63, 3.8) is 0 Å². The maximum atomic E-state index is 13.7. The molecule has 0 bridgehead atoms. The van der Waals surface area contributed by atoms with Crippen molar-refractivity contribution < 1.29 is 33.4 Å². The minimum Gasteiger partial charge on any atom is -0.467 e. The maximum absolute atomic E-state index is 13.7. The van der Waals surface area contributed by atoms with Crippen LogP contribution in [0.15, 0.2) is 0 Å². The minimum atomic E-state index is -1.24. The highest BCUT2D eigenvalue weighted by Crippen LogP contribution is 2.20. The first-order valence-electron chi connectivity index (χ1n) is 11.7. The van der Waals surface area contributed by atoms with Gasteiger partial charge in [-0.3, -0.25) is 4.79 Å². The van der Waals surface area contributed by atoms with E-state index >= 15 is 0 Å². The summed E-state index contributed by atoms with van der Waals surface area (Å²) in [5, 5.41) is 2.54. The molecule has 0 aliphatic rings. The number of nitrogens with two attached hydrogens (primary N) is 2. The Morgan fingerprint density at radius 1 is 0.824 bits per heavy atom. The molecule has 0 aliphatic carbocycles. The molecule has 11 heteroatoms.